The van der Waals surface area contributed by atoms with Gasteiger partial charge in [0.1, 0.15) is 5.82 Å². The molecule has 0 fully saturated rings. The molecule has 9 heteroatoms. The predicted octanol–water partition coefficient (Wildman–Crippen LogP) is 4.28. The van der Waals surface area contributed by atoms with E-state index in [1.165, 1.54) is 12.1 Å². The van der Waals surface area contributed by atoms with Crippen molar-refractivity contribution in [3.05, 3.63) is 91.3 Å². The third kappa shape index (κ3) is 4.01. The number of imidazole rings is 1. The summed E-state index contributed by atoms with van der Waals surface area (Å²) in [6.45, 7) is 0. The highest BCUT2D eigenvalue weighted by Crippen LogP contribution is 2.31. The van der Waals surface area contributed by atoms with Gasteiger partial charge >= 0.3 is 0 Å². The van der Waals surface area contributed by atoms with Crippen molar-refractivity contribution < 1.29 is 8.42 Å². The number of rotatable bonds is 5. The van der Waals surface area contributed by atoms with Gasteiger partial charge in [-0.2, -0.15) is 0 Å². The smallest absolute Gasteiger partial charge is 0.238 e. The maximum absolute atomic E-state index is 11.6. The monoisotopic (exact) mass is 459 g/mol. The van der Waals surface area contributed by atoms with Crippen LogP contribution in [-0.4, -0.2) is 27.9 Å². The van der Waals surface area contributed by atoms with Gasteiger partial charge in [0.25, 0.3) is 0 Å². The van der Waals surface area contributed by atoms with E-state index in [1.54, 1.807) is 36.3 Å². The van der Waals surface area contributed by atoms with E-state index >= 15 is 0 Å². The summed E-state index contributed by atoms with van der Waals surface area (Å²) in [6.07, 6.45) is 3.21. The molecule has 0 saturated carbocycles. The molecule has 0 radical (unpaired) electrons. The summed E-state index contributed by atoms with van der Waals surface area (Å²) in [7, 11) is -3.77. The van der Waals surface area contributed by atoms with Gasteiger partial charge < -0.3 is 0 Å². The minimum Gasteiger partial charge on any atom is -0.275 e. The van der Waals surface area contributed by atoms with Gasteiger partial charge in [0.2, 0.25) is 10.0 Å². The summed E-state index contributed by atoms with van der Waals surface area (Å²) >= 11 is 1.68. The van der Waals surface area contributed by atoms with Crippen LogP contribution in [0.4, 0.5) is 0 Å². The average molecular weight is 460 g/mol. The van der Waals surface area contributed by atoms with Gasteiger partial charge in [-0.05, 0) is 60.7 Å². The molecule has 2 aromatic heterocycles. The first kappa shape index (κ1) is 20.4. The van der Waals surface area contributed by atoms with Crippen LogP contribution in [0.2, 0.25) is 0 Å². The Balaban J connectivity index is 1.58. The van der Waals surface area contributed by atoms with Crippen LogP contribution >= 0.6 is 11.8 Å². The normalized spacial score (nSPS) is 11.7. The first-order valence-corrected chi connectivity index (χ1v) is 12.0. The Morgan fingerprint density at radius 1 is 0.781 bits per heavy atom. The predicted molar refractivity (Wildman–Crippen MR) is 124 cm³/mol. The van der Waals surface area contributed by atoms with Crippen molar-refractivity contribution in [1.82, 2.24) is 19.5 Å². The highest BCUT2D eigenvalue weighted by molar-refractivity contribution is 7.99. The van der Waals surface area contributed by atoms with E-state index in [0.717, 1.165) is 21.0 Å². The number of aromatic nitrogens is 4. The zero-order valence-electron chi connectivity index (χ0n) is 16.7. The first-order chi connectivity index (χ1) is 15.5. The highest BCUT2D eigenvalue weighted by Gasteiger charge is 2.17. The van der Waals surface area contributed by atoms with Crippen LogP contribution in [0.25, 0.3) is 28.4 Å². The molecule has 0 unspecified atom stereocenters. The second-order valence-electron chi connectivity index (χ2n) is 6.95. The molecule has 158 valence electrons. The van der Waals surface area contributed by atoms with E-state index in [9.17, 15) is 8.42 Å². The molecule has 0 aliphatic heterocycles. The van der Waals surface area contributed by atoms with Crippen LogP contribution in [-0.2, 0) is 10.0 Å². The summed E-state index contributed by atoms with van der Waals surface area (Å²) in [5.74, 6) is 0.607. The number of primary sulfonamides is 1. The molecular weight excluding hydrogens is 442 g/mol. The Kier molecular flexibility index (Phi) is 5.22. The topological polar surface area (TPSA) is 104 Å². The van der Waals surface area contributed by atoms with Crippen LogP contribution < -0.4 is 5.14 Å². The van der Waals surface area contributed by atoms with Gasteiger partial charge in [-0.1, -0.05) is 30.0 Å². The van der Waals surface area contributed by atoms with Crippen LogP contribution in [0.1, 0.15) is 0 Å². The van der Waals surface area contributed by atoms with Crippen molar-refractivity contribution in [1.29, 1.82) is 0 Å². The number of nitrogens with two attached hydrogens (primary N) is 1. The zero-order valence-corrected chi connectivity index (χ0v) is 18.3. The van der Waals surface area contributed by atoms with Crippen LogP contribution in [0.15, 0.2) is 106 Å². The standard InChI is InChI=1S/C23H17N5O2S2/c24-32(29,30)20-12-6-16(7-13-20)22-27-21-23(26-15-14-25-21)28(22)17-8-10-19(11-9-17)31-18-4-2-1-3-5-18/h1-15H,(H2,24,29,30). The molecule has 0 aliphatic rings. The van der Waals surface area contributed by atoms with Gasteiger partial charge in [0, 0.05) is 33.4 Å². The van der Waals surface area contributed by atoms with E-state index in [2.05, 4.69) is 27.1 Å². The van der Waals surface area contributed by atoms with Gasteiger partial charge in [0.15, 0.2) is 11.3 Å². The lowest BCUT2D eigenvalue weighted by Crippen LogP contribution is -2.11. The number of hydrogen-bond acceptors (Lipinski definition) is 6. The SMILES string of the molecule is NS(=O)(=O)c1ccc(-c2nc3nccnc3n2-c2ccc(Sc3ccccc3)cc2)cc1. The maximum atomic E-state index is 11.6. The van der Waals surface area contributed by atoms with Crippen molar-refractivity contribution in [2.45, 2.75) is 14.7 Å². The average Bonchev–Trinajstić information content (AvgIpc) is 3.19. The Morgan fingerprint density at radius 2 is 1.44 bits per heavy atom. The molecule has 2 heterocycles. The molecule has 0 bridgehead atoms. The second-order valence-corrected chi connectivity index (χ2v) is 9.66. The number of nitrogens with zero attached hydrogens (tertiary/aromatic N) is 4. The summed E-state index contributed by atoms with van der Waals surface area (Å²) < 4.78 is 25.1. The lowest BCUT2D eigenvalue weighted by Gasteiger charge is -2.10. The molecule has 0 amide bonds. The van der Waals surface area contributed by atoms with Gasteiger partial charge in [-0.3, -0.25) is 4.57 Å². The summed E-state index contributed by atoms with van der Waals surface area (Å²) in [5, 5.41) is 5.23. The van der Waals surface area contributed by atoms with Crippen molar-refractivity contribution in [3.63, 3.8) is 0 Å². The molecule has 0 aliphatic carbocycles. The quantitative estimate of drug-likeness (QED) is 0.421. The molecule has 2 N–H and O–H groups in total. The molecule has 5 aromatic rings. The van der Waals surface area contributed by atoms with Crippen molar-refractivity contribution in [2.24, 2.45) is 5.14 Å². The van der Waals surface area contributed by atoms with E-state index in [-0.39, 0.29) is 4.90 Å². The van der Waals surface area contributed by atoms with Gasteiger partial charge in [-0.15, -0.1) is 0 Å². The second kappa shape index (κ2) is 8.19. The third-order valence-corrected chi connectivity index (χ3v) is 6.76. The first-order valence-electron chi connectivity index (χ1n) is 9.65. The Morgan fingerprint density at radius 3 is 2.12 bits per heavy atom. The summed E-state index contributed by atoms with van der Waals surface area (Å²) in [4.78, 5) is 15.8. The minimum atomic E-state index is -3.77. The summed E-state index contributed by atoms with van der Waals surface area (Å²) in [5.41, 5.74) is 2.71. The number of sulfonamides is 1. The molecule has 7 nitrogen and oxygen atoms in total. The molecule has 0 spiro atoms. The van der Waals surface area contributed by atoms with Crippen LogP contribution in [0.3, 0.4) is 0 Å². The summed E-state index contributed by atoms with van der Waals surface area (Å²) in [6, 6.07) is 24.6. The van der Waals surface area contributed by atoms with E-state index in [0.29, 0.717) is 17.1 Å². The molecule has 3 aromatic carbocycles. The minimum absolute atomic E-state index is 0.0439. The van der Waals surface area contributed by atoms with Crippen molar-refractivity contribution in [3.8, 4) is 17.1 Å². The lowest BCUT2D eigenvalue weighted by atomic mass is 10.2. The molecule has 32 heavy (non-hydrogen) atoms. The highest BCUT2D eigenvalue weighted by atomic mass is 32.2. The van der Waals surface area contributed by atoms with Gasteiger partial charge in [0.05, 0.1) is 4.90 Å². The Labute approximate surface area is 189 Å². The largest absolute Gasteiger partial charge is 0.275 e. The van der Waals surface area contributed by atoms with E-state index in [1.807, 2.05) is 47.0 Å². The van der Waals surface area contributed by atoms with E-state index in [4.69, 9.17) is 5.14 Å². The van der Waals surface area contributed by atoms with Crippen molar-refractivity contribution in [2.75, 3.05) is 0 Å². The van der Waals surface area contributed by atoms with Crippen LogP contribution in [0.5, 0.6) is 0 Å². The maximum Gasteiger partial charge on any atom is 0.238 e. The Bertz CT molecular complexity index is 1500. The molecule has 0 saturated heterocycles. The lowest BCUT2D eigenvalue weighted by molar-refractivity contribution is 0.598. The molecule has 0 atom stereocenters. The van der Waals surface area contributed by atoms with Crippen molar-refractivity contribution >= 4 is 33.1 Å². The third-order valence-electron chi connectivity index (χ3n) is 4.81. The number of benzene rings is 3. The van der Waals surface area contributed by atoms with Crippen LogP contribution in [0, 0.1) is 0 Å². The molecule has 5 rings (SSSR count). The Hall–Kier alpha value is -3.53. The zero-order chi connectivity index (χ0) is 22.1. The number of fused-ring (bicyclic) bond motifs is 1. The fourth-order valence-electron chi connectivity index (χ4n) is 3.33. The van der Waals surface area contributed by atoms with E-state index < -0.39 is 10.0 Å². The number of hydrogen-bond donors (Lipinski definition) is 1. The fraction of sp³-hybridized carbons (Fsp3) is 0. The molecular formula is C23H17N5O2S2. The van der Waals surface area contributed by atoms with Gasteiger partial charge in [-0.25, -0.2) is 28.5 Å². The fourth-order valence-corrected chi connectivity index (χ4v) is 4.68.